The Morgan fingerprint density at radius 3 is 2.83 bits per heavy atom. The lowest BCUT2D eigenvalue weighted by atomic mass is 9.99. The summed E-state index contributed by atoms with van der Waals surface area (Å²) >= 11 is 5.78. The van der Waals surface area contributed by atoms with Crippen molar-refractivity contribution in [2.75, 3.05) is 11.9 Å². The minimum absolute atomic E-state index is 0.0349. The summed E-state index contributed by atoms with van der Waals surface area (Å²) in [4.78, 5) is 39.5. The van der Waals surface area contributed by atoms with Crippen molar-refractivity contribution in [1.29, 1.82) is 0 Å². The van der Waals surface area contributed by atoms with E-state index in [9.17, 15) is 14.4 Å². The van der Waals surface area contributed by atoms with Crippen molar-refractivity contribution >= 4 is 34.9 Å². The number of aromatic nitrogens is 1. The molecule has 0 spiro atoms. The summed E-state index contributed by atoms with van der Waals surface area (Å²) in [6.07, 6.45) is 1.38. The van der Waals surface area contributed by atoms with Crippen LogP contribution in [0.1, 0.15) is 39.3 Å². The van der Waals surface area contributed by atoms with Gasteiger partial charge in [0.25, 0.3) is 0 Å². The zero-order chi connectivity index (χ0) is 17.3. The molecule has 0 aliphatic carbocycles. The summed E-state index contributed by atoms with van der Waals surface area (Å²) in [6, 6.07) is 7.80. The van der Waals surface area contributed by atoms with Crippen LogP contribution in [0.25, 0.3) is 0 Å². The van der Waals surface area contributed by atoms with Crippen LogP contribution < -0.4 is 5.32 Å². The molecule has 0 unspecified atom stereocenters. The molecule has 1 aromatic heterocycles. The van der Waals surface area contributed by atoms with E-state index in [0.717, 1.165) is 5.56 Å². The highest BCUT2D eigenvalue weighted by Crippen LogP contribution is 2.32. The number of fused-ring (bicyclic) bond motifs is 1. The van der Waals surface area contributed by atoms with Gasteiger partial charge in [-0.25, -0.2) is 9.78 Å². The summed E-state index contributed by atoms with van der Waals surface area (Å²) in [5.74, 6) is -1.50. The number of hydrogen-bond donors (Lipinski definition) is 1. The summed E-state index contributed by atoms with van der Waals surface area (Å²) in [5.41, 5.74) is 1.87. The van der Waals surface area contributed by atoms with Crippen LogP contribution >= 0.6 is 11.6 Å². The SMILES string of the molecule is C[C@H]1C(=O)Nc2ccc(C(=O)COC(=O)c3cc(Cl)ccn3)cc21. The van der Waals surface area contributed by atoms with Crippen LogP contribution in [0, 0.1) is 0 Å². The van der Waals surface area contributed by atoms with Crippen LogP contribution in [-0.2, 0) is 9.53 Å². The van der Waals surface area contributed by atoms with Gasteiger partial charge in [0, 0.05) is 22.5 Å². The molecule has 1 amide bonds. The molecule has 0 saturated carbocycles. The van der Waals surface area contributed by atoms with Crippen molar-refractivity contribution in [3.05, 3.63) is 58.4 Å². The first-order chi connectivity index (χ1) is 11.5. The number of nitrogens with zero attached hydrogens (tertiary/aromatic N) is 1. The topological polar surface area (TPSA) is 85.4 Å². The number of benzene rings is 1. The third kappa shape index (κ3) is 3.14. The Morgan fingerprint density at radius 2 is 2.08 bits per heavy atom. The largest absolute Gasteiger partial charge is 0.453 e. The van der Waals surface area contributed by atoms with E-state index in [0.29, 0.717) is 16.3 Å². The zero-order valence-electron chi connectivity index (χ0n) is 12.7. The number of anilines is 1. The van der Waals surface area contributed by atoms with Gasteiger partial charge in [-0.3, -0.25) is 9.59 Å². The number of nitrogens with one attached hydrogen (secondary N) is 1. The Balaban J connectivity index is 1.68. The number of carbonyl (C=O) groups is 3. The number of halogens is 1. The Kier molecular flexibility index (Phi) is 4.31. The van der Waals surface area contributed by atoms with Crippen molar-refractivity contribution in [3.63, 3.8) is 0 Å². The fourth-order valence-corrected chi connectivity index (χ4v) is 2.55. The molecule has 0 saturated heterocycles. The minimum atomic E-state index is -0.725. The number of esters is 1. The summed E-state index contributed by atoms with van der Waals surface area (Å²) < 4.78 is 4.97. The molecule has 0 fully saturated rings. The van der Waals surface area contributed by atoms with Gasteiger partial charge in [0.05, 0.1) is 5.92 Å². The Bertz CT molecular complexity index is 850. The van der Waals surface area contributed by atoms with Gasteiger partial charge in [0.2, 0.25) is 5.91 Å². The molecular weight excluding hydrogens is 332 g/mol. The molecule has 1 aliphatic rings. The molecule has 3 rings (SSSR count). The van der Waals surface area contributed by atoms with Crippen molar-refractivity contribution in [2.24, 2.45) is 0 Å². The van der Waals surface area contributed by atoms with Gasteiger partial charge in [-0.1, -0.05) is 11.6 Å². The number of rotatable bonds is 4. The highest BCUT2D eigenvalue weighted by Gasteiger charge is 2.27. The van der Waals surface area contributed by atoms with E-state index in [-0.39, 0.29) is 23.3 Å². The molecule has 0 bridgehead atoms. The van der Waals surface area contributed by atoms with Crippen molar-refractivity contribution < 1.29 is 19.1 Å². The van der Waals surface area contributed by atoms with E-state index >= 15 is 0 Å². The van der Waals surface area contributed by atoms with E-state index in [1.165, 1.54) is 18.3 Å². The normalized spacial score (nSPS) is 15.6. The molecule has 1 N–H and O–H groups in total. The number of hydrogen-bond acceptors (Lipinski definition) is 5. The average Bonchev–Trinajstić information content (AvgIpc) is 2.86. The highest BCUT2D eigenvalue weighted by molar-refractivity contribution is 6.30. The maximum atomic E-state index is 12.2. The van der Waals surface area contributed by atoms with E-state index in [2.05, 4.69) is 10.3 Å². The van der Waals surface area contributed by atoms with Gasteiger partial charge in [0.1, 0.15) is 5.69 Å². The molecular formula is C17H13ClN2O4. The molecule has 7 heteroatoms. The molecule has 122 valence electrons. The molecule has 0 radical (unpaired) electrons. The van der Waals surface area contributed by atoms with E-state index in [1.807, 2.05) is 0 Å². The first-order valence-electron chi connectivity index (χ1n) is 7.22. The first-order valence-corrected chi connectivity index (χ1v) is 7.60. The van der Waals surface area contributed by atoms with Crippen LogP contribution in [0.2, 0.25) is 5.02 Å². The summed E-state index contributed by atoms with van der Waals surface area (Å²) in [6.45, 7) is 1.35. The van der Waals surface area contributed by atoms with Crippen LogP contribution in [0.4, 0.5) is 5.69 Å². The predicted octanol–water partition coefficient (Wildman–Crippen LogP) is 2.83. The third-order valence-electron chi connectivity index (χ3n) is 3.76. The number of Topliss-reactive ketones (excluding diaryl/α,β-unsaturated/α-hetero) is 1. The van der Waals surface area contributed by atoms with Gasteiger partial charge in [-0.05, 0) is 42.8 Å². The first kappa shape index (κ1) is 16.1. The smallest absolute Gasteiger partial charge is 0.357 e. The van der Waals surface area contributed by atoms with Crippen LogP contribution in [-0.4, -0.2) is 29.3 Å². The number of carbonyl (C=O) groups excluding carboxylic acids is 3. The predicted molar refractivity (Wildman–Crippen MR) is 87.3 cm³/mol. The molecule has 1 aliphatic heterocycles. The van der Waals surface area contributed by atoms with Gasteiger partial charge in [0.15, 0.2) is 12.4 Å². The lowest BCUT2D eigenvalue weighted by Gasteiger charge is -2.07. The summed E-state index contributed by atoms with van der Waals surface area (Å²) in [5, 5.41) is 3.09. The second-order valence-electron chi connectivity index (χ2n) is 5.37. The van der Waals surface area contributed by atoms with Gasteiger partial charge in [-0.2, -0.15) is 0 Å². The van der Waals surface area contributed by atoms with E-state index in [4.69, 9.17) is 16.3 Å². The standard InChI is InChI=1S/C17H13ClN2O4/c1-9-12-6-10(2-3-13(12)20-16(9)22)15(21)8-24-17(23)14-7-11(18)4-5-19-14/h2-7,9H,8H2,1H3,(H,20,22)/t9-/m1/s1. The molecule has 1 aromatic carbocycles. The zero-order valence-corrected chi connectivity index (χ0v) is 13.5. The second kappa shape index (κ2) is 6.41. The molecule has 1 atom stereocenters. The molecule has 2 heterocycles. The highest BCUT2D eigenvalue weighted by atomic mass is 35.5. The van der Waals surface area contributed by atoms with Crippen LogP contribution in [0.3, 0.4) is 0 Å². The lowest BCUT2D eigenvalue weighted by molar-refractivity contribution is -0.116. The third-order valence-corrected chi connectivity index (χ3v) is 3.99. The number of pyridine rings is 1. The maximum Gasteiger partial charge on any atom is 0.357 e. The van der Waals surface area contributed by atoms with Crippen molar-refractivity contribution in [1.82, 2.24) is 4.98 Å². The monoisotopic (exact) mass is 344 g/mol. The van der Waals surface area contributed by atoms with E-state index in [1.54, 1.807) is 25.1 Å². The quantitative estimate of drug-likeness (QED) is 0.681. The van der Waals surface area contributed by atoms with E-state index < -0.39 is 12.6 Å². The average molecular weight is 345 g/mol. The minimum Gasteiger partial charge on any atom is -0.453 e. The molecule has 24 heavy (non-hydrogen) atoms. The van der Waals surface area contributed by atoms with Crippen molar-refractivity contribution in [3.8, 4) is 0 Å². The van der Waals surface area contributed by atoms with Gasteiger partial charge < -0.3 is 10.1 Å². The van der Waals surface area contributed by atoms with Gasteiger partial charge >= 0.3 is 5.97 Å². The number of ether oxygens (including phenoxy) is 1. The Morgan fingerprint density at radius 1 is 1.29 bits per heavy atom. The maximum absolute atomic E-state index is 12.2. The molecule has 6 nitrogen and oxygen atoms in total. The van der Waals surface area contributed by atoms with Crippen molar-refractivity contribution in [2.45, 2.75) is 12.8 Å². The Hall–Kier alpha value is -2.73. The Labute approximate surface area is 142 Å². The number of ketones is 1. The second-order valence-corrected chi connectivity index (χ2v) is 5.81. The fraction of sp³-hybridized carbons (Fsp3) is 0.176. The fourth-order valence-electron chi connectivity index (χ4n) is 2.40. The molecule has 2 aromatic rings. The lowest BCUT2D eigenvalue weighted by Crippen LogP contribution is -2.15. The number of amides is 1. The van der Waals surface area contributed by atoms with Crippen LogP contribution in [0.5, 0.6) is 0 Å². The summed E-state index contributed by atoms with van der Waals surface area (Å²) in [7, 11) is 0. The van der Waals surface area contributed by atoms with Gasteiger partial charge in [-0.15, -0.1) is 0 Å². The van der Waals surface area contributed by atoms with Crippen LogP contribution in [0.15, 0.2) is 36.5 Å².